The second-order valence-electron chi connectivity index (χ2n) is 4.83. The normalized spacial score (nSPS) is 25.1. The van der Waals surface area contributed by atoms with Gasteiger partial charge in [-0.05, 0) is 25.0 Å². The molecule has 0 saturated carbocycles. The number of thiocarbonyl (C=S) groups is 1. The molecule has 2 heterocycles. The van der Waals surface area contributed by atoms with Crippen LogP contribution in [0.15, 0.2) is 18.3 Å². The highest BCUT2D eigenvalue weighted by molar-refractivity contribution is 7.80. The smallest absolute Gasteiger partial charge is 0.123 e. The molecule has 1 saturated heterocycles. The number of aromatic nitrogens is 1. The quantitative estimate of drug-likeness (QED) is 0.773. The minimum Gasteiger partial charge on any atom is -0.389 e. The molecule has 1 aliphatic heterocycles. The maximum atomic E-state index is 9.91. The minimum atomic E-state index is -0.578. The number of β-amino-alcohol motifs (C(OH)–C–C–N with tert-alkyl or cyclic N) is 1. The Kier molecular flexibility index (Phi) is 3.42. The summed E-state index contributed by atoms with van der Waals surface area (Å²) in [6.45, 7) is 4.17. The van der Waals surface area contributed by atoms with Crippen molar-refractivity contribution in [3.8, 4) is 0 Å². The van der Waals surface area contributed by atoms with Crippen LogP contribution in [-0.2, 0) is 6.54 Å². The molecule has 1 fully saturated rings. The van der Waals surface area contributed by atoms with E-state index in [1.165, 1.54) is 0 Å². The van der Waals surface area contributed by atoms with E-state index in [1.54, 1.807) is 6.20 Å². The lowest BCUT2D eigenvalue weighted by Gasteiger charge is -2.19. The van der Waals surface area contributed by atoms with Crippen LogP contribution < -0.4 is 5.73 Å². The molecule has 1 atom stereocenters. The highest BCUT2D eigenvalue weighted by Gasteiger charge is 2.31. The monoisotopic (exact) mass is 251 g/mol. The third kappa shape index (κ3) is 3.00. The molecule has 1 unspecified atom stereocenters. The van der Waals surface area contributed by atoms with Crippen molar-refractivity contribution in [1.29, 1.82) is 0 Å². The first-order valence-corrected chi connectivity index (χ1v) is 6.07. The van der Waals surface area contributed by atoms with Gasteiger partial charge in [-0.3, -0.25) is 9.88 Å². The lowest BCUT2D eigenvalue weighted by Crippen LogP contribution is -2.30. The number of hydrogen-bond acceptors (Lipinski definition) is 4. The molecule has 92 valence electrons. The summed E-state index contributed by atoms with van der Waals surface area (Å²) < 4.78 is 0. The second kappa shape index (κ2) is 4.68. The zero-order valence-corrected chi connectivity index (χ0v) is 10.7. The Morgan fingerprint density at radius 3 is 3.06 bits per heavy atom. The van der Waals surface area contributed by atoms with E-state index in [0.29, 0.717) is 17.2 Å². The summed E-state index contributed by atoms with van der Waals surface area (Å²) >= 11 is 4.98. The van der Waals surface area contributed by atoms with E-state index >= 15 is 0 Å². The molecule has 0 aromatic carbocycles. The number of aliphatic hydroxyl groups is 1. The summed E-state index contributed by atoms with van der Waals surface area (Å²) in [5, 5.41) is 9.91. The molecule has 1 aromatic heterocycles. The van der Waals surface area contributed by atoms with Crippen LogP contribution in [0.3, 0.4) is 0 Å². The maximum Gasteiger partial charge on any atom is 0.123 e. The van der Waals surface area contributed by atoms with Gasteiger partial charge in [0.25, 0.3) is 0 Å². The molecule has 0 radical (unpaired) electrons. The fourth-order valence-corrected chi connectivity index (χ4v) is 2.39. The van der Waals surface area contributed by atoms with Gasteiger partial charge in [-0.15, -0.1) is 0 Å². The highest BCUT2D eigenvalue weighted by Crippen LogP contribution is 2.22. The molecule has 2 rings (SSSR count). The van der Waals surface area contributed by atoms with E-state index < -0.39 is 5.60 Å². The van der Waals surface area contributed by atoms with Crippen molar-refractivity contribution in [2.45, 2.75) is 25.5 Å². The Hall–Kier alpha value is -1.04. The van der Waals surface area contributed by atoms with Gasteiger partial charge in [0, 0.05) is 25.8 Å². The summed E-state index contributed by atoms with van der Waals surface area (Å²) in [6, 6.07) is 3.86. The first-order valence-electron chi connectivity index (χ1n) is 5.66. The van der Waals surface area contributed by atoms with Crippen molar-refractivity contribution in [2.24, 2.45) is 5.73 Å². The highest BCUT2D eigenvalue weighted by atomic mass is 32.1. The third-order valence-corrected chi connectivity index (χ3v) is 3.24. The van der Waals surface area contributed by atoms with Crippen molar-refractivity contribution in [3.05, 3.63) is 29.6 Å². The van der Waals surface area contributed by atoms with Gasteiger partial charge in [-0.25, -0.2) is 0 Å². The number of likely N-dealkylation sites (tertiary alicyclic amines) is 1. The predicted octanol–water partition coefficient (Wildman–Crippen LogP) is 0.672. The van der Waals surface area contributed by atoms with Gasteiger partial charge in [0.05, 0.1) is 5.60 Å². The van der Waals surface area contributed by atoms with Gasteiger partial charge in [0.15, 0.2) is 0 Å². The van der Waals surface area contributed by atoms with Crippen molar-refractivity contribution in [3.63, 3.8) is 0 Å². The van der Waals surface area contributed by atoms with E-state index in [0.717, 1.165) is 25.1 Å². The van der Waals surface area contributed by atoms with Crippen LogP contribution in [0.1, 0.15) is 24.6 Å². The summed E-state index contributed by atoms with van der Waals surface area (Å²) in [4.78, 5) is 6.72. The van der Waals surface area contributed by atoms with E-state index in [4.69, 9.17) is 18.0 Å². The zero-order chi connectivity index (χ0) is 12.5. The Bertz CT molecular complexity index is 434. The number of nitrogens with two attached hydrogens (primary N) is 1. The maximum absolute atomic E-state index is 9.91. The van der Waals surface area contributed by atoms with Crippen molar-refractivity contribution in [2.75, 3.05) is 13.1 Å². The first kappa shape index (κ1) is 12.4. The number of rotatable bonds is 3. The molecule has 0 amide bonds. The number of hydrogen-bond donors (Lipinski definition) is 2. The van der Waals surface area contributed by atoms with Crippen LogP contribution in [0.5, 0.6) is 0 Å². The van der Waals surface area contributed by atoms with Crippen molar-refractivity contribution >= 4 is 17.2 Å². The Balaban J connectivity index is 2.12. The molecule has 5 heteroatoms. The lowest BCUT2D eigenvalue weighted by molar-refractivity contribution is 0.0679. The Morgan fingerprint density at radius 1 is 1.71 bits per heavy atom. The molecule has 3 N–H and O–H groups in total. The summed E-state index contributed by atoms with van der Waals surface area (Å²) in [7, 11) is 0. The van der Waals surface area contributed by atoms with Crippen LogP contribution in [0, 0.1) is 0 Å². The predicted molar refractivity (Wildman–Crippen MR) is 70.6 cm³/mol. The topological polar surface area (TPSA) is 62.4 Å². The van der Waals surface area contributed by atoms with E-state index in [2.05, 4.69) is 9.88 Å². The van der Waals surface area contributed by atoms with Crippen molar-refractivity contribution in [1.82, 2.24) is 9.88 Å². The molecule has 0 spiro atoms. The molecular weight excluding hydrogens is 234 g/mol. The van der Waals surface area contributed by atoms with E-state index in [-0.39, 0.29) is 0 Å². The standard InChI is InChI=1S/C12H17N3OS/c1-12(16)4-6-15(8-12)7-9-3-2-5-14-10(9)11(13)17/h2-3,5,16H,4,6-8H2,1H3,(H2,13,17). The fourth-order valence-electron chi connectivity index (χ4n) is 2.20. The van der Waals surface area contributed by atoms with Crippen LogP contribution >= 0.6 is 12.2 Å². The molecule has 17 heavy (non-hydrogen) atoms. The molecule has 1 aliphatic rings. The molecular formula is C12H17N3OS. The SMILES string of the molecule is CC1(O)CCN(Cc2cccnc2C(N)=S)C1. The minimum absolute atomic E-state index is 0.326. The molecule has 0 aliphatic carbocycles. The Morgan fingerprint density at radius 2 is 2.47 bits per heavy atom. The second-order valence-corrected chi connectivity index (χ2v) is 5.27. The van der Waals surface area contributed by atoms with Crippen LogP contribution in [-0.4, -0.2) is 38.7 Å². The van der Waals surface area contributed by atoms with Gasteiger partial charge in [0.1, 0.15) is 10.7 Å². The Labute approximate surface area is 106 Å². The summed E-state index contributed by atoms with van der Waals surface area (Å²) in [6.07, 6.45) is 2.49. The van der Waals surface area contributed by atoms with Gasteiger partial charge >= 0.3 is 0 Å². The average molecular weight is 251 g/mol. The van der Waals surface area contributed by atoms with E-state index in [9.17, 15) is 5.11 Å². The number of pyridine rings is 1. The van der Waals surface area contributed by atoms with Crippen molar-refractivity contribution < 1.29 is 5.11 Å². The van der Waals surface area contributed by atoms with Gasteiger partial charge < -0.3 is 10.8 Å². The fraction of sp³-hybridized carbons (Fsp3) is 0.500. The van der Waals surface area contributed by atoms with Crippen LogP contribution in [0.2, 0.25) is 0 Å². The van der Waals surface area contributed by atoms with E-state index in [1.807, 2.05) is 19.1 Å². The molecule has 0 bridgehead atoms. The molecule has 1 aromatic rings. The average Bonchev–Trinajstić information content (AvgIpc) is 2.58. The summed E-state index contributed by atoms with van der Waals surface area (Å²) in [5.74, 6) is 0. The van der Waals surface area contributed by atoms with Crippen LogP contribution in [0.25, 0.3) is 0 Å². The van der Waals surface area contributed by atoms with Gasteiger partial charge in [-0.2, -0.15) is 0 Å². The molecule has 4 nitrogen and oxygen atoms in total. The largest absolute Gasteiger partial charge is 0.389 e. The van der Waals surface area contributed by atoms with Gasteiger partial charge in [0.2, 0.25) is 0 Å². The lowest BCUT2D eigenvalue weighted by atomic mass is 10.1. The third-order valence-electron chi connectivity index (χ3n) is 3.05. The number of nitrogens with zero attached hydrogens (tertiary/aromatic N) is 2. The zero-order valence-electron chi connectivity index (χ0n) is 9.89. The summed E-state index contributed by atoms with van der Waals surface area (Å²) in [5.41, 5.74) is 6.78. The first-order chi connectivity index (χ1) is 7.98. The van der Waals surface area contributed by atoms with Gasteiger partial charge in [-0.1, -0.05) is 18.3 Å². The van der Waals surface area contributed by atoms with Crippen LogP contribution in [0.4, 0.5) is 0 Å².